The summed E-state index contributed by atoms with van der Waals surface area (Å²) in [5, 5.41) is 15.9. The number of carbonyl (C=O) groups is 3. The average molecular weight is 432 g/mol. The predicted molar refractivity (Wildman–Crippen MR) is 104 cm³/mol. The number of halogens is 3. The quantitative estimate of drug-likeness (QED) is 0.277. The zero-order valence-corrected chi connectivity index (χ0v) is 16.9. The van der Waals surface area contributed by atoms with Crippen LogP contribution in [-0.4, -0.2) is 35.5 Å². The summed E-state index contributed by atoms with van der Waals surface area (Å²) in [4.78, 5) is 32.4. The molecule has 2 heterocycles. The van der Waals surface area contributed by atoms with E-state index in [2.05, 4.69) is 17.2 Å². The first-order valence-electron chi connectivity index (χ1n) is 8.78. The highest BCUT2D eigenvalue weighted by Crippen LogP contribution is 2.31. The lowest BCUT2D eigenvalue weighted by atomic mass is 10.0. The van der Waals surface area contributed by atoms with Crippen LogP contribution >= 0.6 is 11.3 Å². The molecule has 160 valence electrons. The lowest BCUT2D eigenvalue weighted by Crippen LogP contribution is -2.50. The number of piperidine rings is 1. The molecule has 3 amide bonds. The summed E-state index contributed by atoms with van der Waals surface area (Å²) in [6.45, 7) is 6.79. The number of thiophene rings is 1. The van der Waals surface area contributed by atoms with Crippen molar-refractivity contribution in [2.45, 2.75) is 51.7 Å². The average Bonchev–Trinajstić information content (AvgIpc) is 2.98. The van der Waals surface area contributed by atoms with Gasteiger partial charge in [-0.2, -0.15) is 13.2 Å². The molecule has 1 aliphatic heterocycles. The molecule has 1 saturated heterocycles. The molecule has 0 aliphatic carbocycles. The van der Waals surface area contributed by atoms with E-state index >= 15 is 0 Å². The standard InChI is InChI=1S/C13H15F3OS.C6H8N2O3/c1-4-5-10-9(3)18-7-11(10)12(17)6-8(2)13(14,15)16;9-3-7-4-1-2-5(10)8-6(4)11/h6-7,17H,2,4-5H2,1,3H3;3-4H,1-2H2,(H,7,9)(H,8,10,11)/b12-6+;. The van der Waals surface area contributed by atoms with Crippen molar-refractivity contribution in [3.8, 4) is 0 Å². The molecule has 1 aromatic rings. The van der Waals surface area contributed by atoms with Gasteiger partial charge in [0.05, 0.1) is 5.57 Å². The summed E-state index contributed by atoms with van der Waals surface area (Å²) >= 11 is 1.42. The zero-order chi connectivity index (χ0) is 22.2. The van der Waals surface area contributed by atoms with Crippen molar-refractivity contribution in [2.75, 3.05) is 0 Å². The first kappa shape index (κ1) is 24.4. The number of allylic oxidation sites excluding steroid dienone is 2. The molecular formula is C19H23F3N2O4S. The molecule has 29 heavy (non-hydrogen) atoms. The van der Waals surface area contributed by atoms with Crippen LogP contribution in [0.3, 0.4) is 0 Å². The molecule has 0 spiro atoms. The zero-order valence-electron chi connectivity index (χ0n) is 16.1. The van der Waals surface area contributed by atoms with Gasteiger partial charge in [-0.3, -0.25) is 19.7 Å². The second-order valence-electron chi connectivity index (χ2n) is 6.27. The molecule has 0 radical (unpaired) electrons. The normalized spacial score (nSPS) is 17.1. The maximum atomic E-state index is 12.3. The number of imide groups is 1. The molecular weight excluding hydrogens is 409 g/mol. The SMILES string of the molecule is C=C(/C=C(/O)c1csc(C)c1CCC)C(F)(F)F.O=CNC1CCC(=O)NC1=O. The first-order valence-corrected chi connectivity index (χ1v) is 9.66. The number of aliphatic hydroxyl groups excluding tert-OH is 1. The molecule has 1 atom stereocenters. The highest BCUT2D eigenvalue weighted by atomic mass is 32.1. The number of carbonyl (C=O) groups excluding carboxylic acids is 3. The minimum absolute atomic E-state index is 0.279. The fourth-order valence-corrected chi connectivity index (χ4v) is 3.43. The van der Waals surface area contributed by atoms with Crippen LogP contribution < -0.4 is 10.6 Å². The Morgan fingerprint density at radius 1 is 1.45 bits per heavy atom. The highest BCUT2D eigenvalue weighted by molar-refractivity contribution is 7.10. The minimum atomic E-state index is -4.51. The monoisotopic (exact) mass is 432 g/mol. The number of alkyl halides is 3. The van der Waals surface area contributed by atoms with Crippen LogP contribution in [0.2, 0.25) is 0 Å². The molecule has 1 aromatic heterocycles. The molecule has 0 aromatic carbocycles. The Morgan fingerprint density at radius 3 is 2.62 bits per heavy atom. The van der Waals surface area contributed by atoms with Gasteiger partial charge in [-0.05, 0) is 31.4 Å². The Balaban J connectivity index is 0.000000326. The molecule has 2 rings (SSSR count). The van der Waals surface area contributed by atoms with E-state index in [9.17, 15) is 32.7 Å². The lowest BCUT2D eigenvalue weighted by molar-refractivity contribution is -0.135. The summed E-state index contributed by atoms with van der Waals surface area (Å²) in [5.41, 5.74) is 0.335. The van der Waals surface area contributed by atoms with Crippen LogP contribution in [0.4, 0.5) is 13.2 Å². The van der Waals surface area contributed by atoms with E-state index in [0.29, 0.717) is 24.5 Å². The Hall–Kier alpha value is -2.62. The van der Waals surface area contributed by atoms with Crippen molar-refractivity contribution in [2.24, 2.45) is 0 Å². The summed E-state index contributed by atoms with van der Waals surface area (Å²) in [6, 6.07) is -0.537. The van der Waals surface area contributed by atoms with Gasteiger partial charge in [-0.25, -0.2) is 0 Å². The Morgan fingerprint density at radius 2 is 2.10 bits per heavy atom. The molecule has 1 aliphatic rings. The Kier molecular flexibility index (Phi) is 9.09. The maximum absolute atomic E-state index is 12.3. The third-order valence-electron chi connectivity index (χ3n) is 4.06. The molecule has 10 heteroatoms. The fraction of sp³-hybridized carbons (Fsp3) is 0.421. The second kappa shape index (κ2) is 10.8. The number of rotatable bonds is 6. The van der Waals surface area contributed by atoms with Gasteiger partial charge in [0.1, 0.15) is 11.8 Å². The van der Waals surface area contributed by atoms with Crippen molar-refractivity contribution in [3.63, 3.8) is 0 Å². The van der Waals surface area contributed by atoms with E-state index in [1.807, 2.05) is 13.8 Å². The number of aryl methyl sites for hydroxylation is 1. The van der Waals surface area contributed by atoms with E-state index in [4.69, 9.17) is 0 Å². The topological polar surface area (TPSA) is 95.5 Å². The van der Waals surface area contributed by atoms with Crippen molar-refractivity contribution in [3.05, 3.63) is 39.6 Å². The van der Waals surface area contributed by atoms with Crippen LogP contribution in [0, 0.1) is 6.92 Å². The van der Waals surface area contributed by atoms with Gasteiger partial charge in [0.25, 0.3) is 0 Å². The van der Waals surface area contributed by atoms with Crippen LogP contribution in [0.5, 0.6) is 0 Å². The maximum Gasteiger partial charge on any atom is 0.415 e. The second-order valence-corrected chi connectivity index (χ2v) is 7.36. The van der Waals surface area contributed by atoms with Gasteiger partial charge in [-0.1, -0.05) is 19.9 Å². The summed E-state index contributed by atoms with van der Waals surface area (Å²) in [7, 11) is 0. The molecule has 3 N–H and O–H groups in total. The van der Waals surface area contributed by atoms with E-state index in [1.54, 1.807) is 5.38 Å². The van der Waals surface area contributed by atoms with Crippen molar-refractivity contribution >= 4 is 35.3 Å². The lowest BCUT2D eigenvalue weighted by Gasteiger charge is -2.19. The molecule has 1 unspecified atom stereocenters. The third kappa shape index (κ3) is 7.37. The van der Waals surface area contributed by atoms with Gasteiger partial charge in [-0.15, -0.1) is 11.3 Å². The van der Waals surface area contributed by atoms with Crippen molar-refractivity contribution in [1.82, 2.24) is 10.6 Å². The molecule has 1 fully saturated rings. The summed E-state index contributed by atoms with van der Waals surface area (Å²) in [5.74, 6) is -1.07. The van der Waals surface area contributed by atoms with Crippen LogP contribution in [0.1, 0.15) is 42.2 Å². The van der Waals surface area contributed by atoms with Crippen LogP contribution in [-0.2, 0) is 20.8 Å². The molecule has 6 nitrogen and oxygen atoms in total. The first-order chi connectivity index (χ1) is 13.5. The van der Waals surface area contributed by atoms with E-state index in [0.717, 1.165) is 23.3 Å². The Bertz CT molecular complexity index is 800. The molecule has 0 saturated carbocycles. The van der Waals surface area contributed by atoms with E-state index < -0.39 is 23.7 Å². The summed E-state index contributed by atoms with van der Waals surface area (Å²) < 4.78 is 37.0. The fourth-order valence-electron chi connectivity index (χ4n) is 2.51. The van der Waals surface area contributed by atoms with Gasteiger partial charge in [0.2, 0.25) is 18.2 Å². The minimum Gasteiger partial charge on any atom is -0.507 e. The van der Waals surface area contributed by atoms with E-state index in [1.165, 1.54) is 11.3 Å². The van der Waals surface area contributed by atoms with Crippen LogP contribution in [0.25, 0.3) is 5.76 Å². The van der Waals surface area contributed by atoms with Gasteiger partial charge in [0, 0.05) is 22.2 Å². The van der Waals surface area contributed by atoms with Crippen molar-refractivity contribution in [1.29, 1.82) is 0 Å². The Labute approximate surface area is 170 Å². The number of aliphatic hydroxyl groups is 1. The summed E-state index contributed by atoms with van der Waals surface area (Å²) in [6.07, 6.45) is -1.08. The third-order valence-corrected chi connectivity index (χ3v) is 5.02. The smallest absolute Gasteiger partial charge is 0.415 e. The van der Waals surface area contributed by atoms with Gasteiger partial charge < -0.3 is 10.4 Å². The predicted octanol–water partition coefficient (Wildman–Crippen LogP) is 3.56. The van der Waals surface area contributed by atoms with Crippen LogP contribution in [0.15, 0.2) is 23.6 Å². The van der Waals surface area contributed by atoms with Crippen molar-refractivity contribution < 1.29 is 32.7 Å². The number of amides is 3. The number of hydrogen-bond acceptors (Lipinski definition) is 5. The van der Waals surface area contributed by atoms with Gasteiger partial charge in [0.15, 0.2) is 0 Å². The molecule has 0 bridgehead atoms. The number of hydrogen-bond donors (Lipinski definition) is 3. The largest absolute Gasteiger partial charge is 0.507 e. The number of nitrogens with one attached hydrogen (secondary N) is 2. The highest BCUT2D eigenvalue weighted by Gasteiger charge is 2.31. The van der Waals surface area contributed by atoms with Gasteiger partial charge >= 0.3 is 6.18 Å². The van der Waals surface area contributed by atoms with E-state index in [-0.39, 0.29) is 18.1 Å².